The lowest BCUT2D eigenvalue weighted by atomic mass is 10.0. The predicted molar refractivity (Wildman–Crippen MR) is 80.1 cm³/mol. The van der Waals surface area contributed by atoms with Gasteiger partial charge >= 0.3 is 6.03 Å². The van der Waals surface area contributed by atoms with Gasteiger partial charge in [0.05, 0.1) is 11.0 Å². The second-order valence-electron chi connectivity index (χ2n) is 5.49. The molecular formula is C14H20N4O2S. The largest absolute Gasteiger partial charge is 0.341 e. The normalized spacial score (nSPS) is 22.5. The van der Waals surface area contributed by atoms with E-state index in [0.717, 1.165) is 30.9 Å². The van der Waals surface area contributed by atoms with Crippen molar-refractivity contribution in [1.29, 1.82) is 0 Å². The molecule has 0 bridgehead atoms. The number of carbonyl (C=O) groups is 2. The maximum Gasteiger partial charge on any atom is 0.317 e. The van der Waals surface area contributed by atoms with E-state index in [1.807, 2.05) is 15.2 Å². The molecule has 1 aromatic rings. The van der Waals surface area contributed by atoms with E-state index in [0.29, 0.717) is 25.9 Å². The molecule has 0 aliphatic carbocycles. The predicted octanol–water partition coefficient (Wildman–Crippen LogP) is 1.09. The number of carbonyl (C=O) groups excluding carboxylic acids is 2. The molecule has 0 spiro atoms. The molecule has 3 amide bonds. The van der Waals surface area contributed by atoms with Crippen molar-refractivity contribution < 1.29 is 9.59 Å². The summed E-state index contributed by atoms with van der Waals surface area (Å²) < 4.78 is 0. The van der Waals surface area contributed by atoms with Crippen molar-refractivity contribution in [3.05, 3.63) is 16.6 Å². The summed E-state index contributed by atoms with van der Waals surface area (Å²) >= 11 is 1.59. The van der Waals surface area contributed by atoms with E-state index in [1.54, 1.807) is 17.5 Å². The van der Waals surface area contributed by atoms with Crippen molar-refractivity contribution in [2.45, 2.75) is 31.7 Å². The van der Waals surface area contributed by atoms with Gasteiger partial charge in [0.25, 0.3) is 0 Å². The number of piperidine rings is 1. The van der Waals surface area contributed by atoms with Gasteiger partial charge in [0.2, 0.25) is 5.91 Å². The van der Waals surface area contributed by atoms with Crippen LogP contribution < -0.4 is 5.32 Å². The second kappa shape index (κ2) is 6.43. The number of thiazole rings is 1. The summed E-state index contributed by atoms with van der Waals surface area (Å²) in [5, 5.41) is 5.77. The maximum absolute atomic E-state index is 12.3. The van der Waals surface area contributed by atoms with Gasteiger partial charge in [-0.15, -0.1) is 11.3 Å². The number of amides is 3. The summed E-state index contributed by atoms with van der Waals surface area (Å²) in [5.74, 6) is 0.175. The number of rotatable bonds is 4. The van der Waals surface area contributed by atoms with Gasteiger partial charge in [-0.05, 0) is 12.8 Å². The molecule has 0 aromatic carbocycles. The van der Waals surface area contributed by atoms with Gasteiger partial charge in [-0.1, -0.05) is 0 Å². The second-order valence-corrected chi connectivity index (χ2v) is 6.47. The van der Waals surface area contributed by atoms with Crippen molar-refractivity contribution >= 4 is 23.3 Å². The van der Waals surface area contributed by atoms with E-state index < -0.39 is 0 Å². The molecule has 0 saturated carbocycles. The minimum Gasteiger partial charge on any atom is -0.341 e. The summed E-state index contributed by atoms with van der Waals surface area (Å²) in [4.78, 5) is 32.0. The highest BCUT2D eigenvalue weighted by Crippen LogP contribution is 2.19. The van der Waals surface area contributed by atoms with Crippen LogP contribution in [0.4, 0.5) is 4.79 Å². The molecule has 3 rings (SSSR count). The first kappa shape index (κ1) is 14.3. The molecule has 7 heteroatoms. The average molecular weight is 308 g/mol. The van der Waals surface area contributed by atoms with Gasteiger partial charge in [-0.25, -0.2) is 9.78 Å². The number of nitrogens with zero attached hydrogens (tertiary/aromatic N) is 3. The first-order valence-electron chi connectivity index (χ1n) is 7.44. The lowest BCUT2D eigenvalue weighted by Crippen LogP contribution is -2.50. The first-order valence-corrected chi connectivity index (χ1v) is 8.32. The smallest absolute Gasteiger partial charge is 0.317 e. The quantitative estimate of drug-likeness (QED) is 0.905. The molecule has 0 unspecified atom stereocenters. The highest BCUT2D eigenvalue weighted by Gasteiger charge is 2.32. The third-order valence-electron chi connectivity index (χ3n) is 4.12. The Kier molecular flexibility index (Phi) is 4.38. The zero-order chi connectivity index (χ0) is 14.7. The third kappa shape index (κ3) is 3.34. The molecule has 3 heterocycles. The minimum atomic E-state index is 0.0112. The highest BCUT2D eigenvalue weighted by molar-refractivity contribution is 7.09. The number of nitrogens with one attached hydrogen (secondary N) is 1. The van der Waals surface area contributed by atoms with Crippen molar-refractivity contribution in [2.24, 2.45) is 0 Å². The number of aromatic nitrogens is 1. The topological polar surface area (TPSA) is 65.5 Å². The SMILES string of the molecule is O=C(CCc1nccs1)N1CCC[C@H](N2CCNC2=O)C1. The Morgan fingerprint density at radius 1 is 1.48 bits per heavy atom. The molecule has 1 aromatic heterocycles. The van der Waals surface area contributed by atoms with Crippen LogP contribution in [0.5, 0.6) is 0 Å². The van der Waals surface area contributed by atoms with E-state index in [9.17, 15) is 9.59 Å². The Hall–Kier alpha value is -1.63. The summed E-state index contributed by atoms with van der Waals surface area (Å²) in [6, 6.07) is 0.183. The molecule has 1 atom stereocenters. The monoisotopic (exact) mass is 308 g/mol. The maximum atomic E-state index is 12.3. The van der Waals surface area contributed by atoms with Crippen molar-refractivity contribution in [3.63, 3.8) is 0 Å². The Bertz CT molecular complexity index is 505. The van der Waals surface area contributed by atoms with E-state index in [2.05, 4.69) is 10.3 Å². The van der Waals surface area contributed by atoms with Crippen LogP contribution in [0.25, 0.3) is 0 Å². The lowest BCUT2D eigenvalue weighted by Gasteiger charge is -2.37. The molecule has 2 saturated heterocycles. The molecule has 6 nitrogen and oxygen atoms in total. The molecule has 21 heavy (non-hydrogen) atoms. The first-order chi connectivity index (χ1) is 10.2. The highest BCUT2D eigenvalue weighted by atomic mass is 32.1. The summed E-state index contributed by atoms with van der Waals surface area (Å²) in [6.45, 7) is 2.95. The van der Waals surface area contributed by atoms with Gasteiger partial charge in [0.1, 0.15) is 0 Å². The fourth-order valence-corrected chi connectivity index (χ4v) is 3.64. The third-order valence-corrected chi connectivity index (χ3v) is 4.96. The summed E-state index contributed by atoms with van der Waals surface area (Å²) in [5.41, 5.74) is 0. The van der Waals surface area contributed by atoms with Crippen molar-refractivity contribution in [1.82, 2.24) is 20.1 Å². The Balaban J connectivity index is 1.52. The molecule has 0 radical (unpaired) electrons. The number of hydrogen-bond donors (Lipinski definition) is 1. The molecule has 2 aliphatic heterocycles. The van der Waals surface area contributed by atoms with Crippen LogP contribution in [0.15, 0.2) is 11.6 Å². The fraction of sp³-hybridized carbons (Fsp3) is 0.643. The van der Waals surface area contributed by atoms with Gasteiger partial charge in [-0.3, -0.25) is 4.79 Å². The van der Waals surface area contributed by atoms with Crippen LogP contribution >= 0.6 is 11.3 Å². The average Bonchev–Trinajstić information content (AvgIpc) is 3.16. The zero-order valence-corrected chi connectivity index (χ0v) is 12.8. The van der Waals surface area contributed by atoms with Crippen LogP contribution in [0, 0.1) is 0 Å². The molecule has 114 valence electrons. The Morgan fingerprint density at radius 2 is 2.38 bits per heavy atom. The van der Waals surface area contributed by atoms with Gasteiger partial charge < -0.3 is 15.1 Å². The van der Waals surface area contributed by atoms with E-state index in [1.165, 1.54) is 0 Å². The van der Waals surface area contributed by atoms with Crippen LogP contribution in [0.1, 0.15) is 24.3 Å². The molecular weight excluding hydrogens is 288 g/mol. The van der Waals surface area contributed by atoms with Crippen molar-refractivity contribution in [3.8, 4) is 0 Å². The summed E-state index contributed by atoms with van der Waals surface area (Å²) in [7, 11) is 0. The Morgan fingerprint density at radius 3 is 3.10 bits per heavy atom. The number of hydrogen-bond acceptors (Lipinski definition) is 4. The van der Waals surface area contributed by atoms with E-state index >= 15 is 0 Å². The molecule has 2 aliphatic rings. The van der Waals surface area contributed by atoms with Crippen LogP contribution in [0.2, 0.25) is 0 Å². The number of aryl methyl sites for hydroxylation is 1. The molecule has 1 N–H and O–H groups in total. The van der Waals surface area contributed by atoms with Gasteiger partial charge in [0.15, 0.2) is 0 Å². The van der Waals surface area contributed by atoms with E-state index in [-0.39, 0.29) is 18.0 Å². The van der Waals surface area contributed by atoms with Gasteiger partial charge in [0, 0.05) is 50.6 Å². The number of likely N-dealkylation sites (tertiary alicyclic amines) is 1. The standard InChI is InChI=1S/C14H20N4O2S/c19-13(4-3-12-15-6-9-21-12)17-7-1-2-11(10-17)18-8-5-16-14(18)20/h6,9,11H,1-5,7-8,10H2,(H,16,20)/t11-/m0/s1. The van der Waals surface area contributed by atoms with Crippen LogP contribution in [0.3, 0.4) is 0 Å². The minimum absolute atomic E-state index is 0.0112. The number of urea groups is 1. The van der Waals surface area contributed by atoms with E-state index in [4.69, 9.17) is 0 Å². The summed E-state index contributed by atoms with van der Waals surface area (Å²) in [6.07, 6.45) is 4.95. The Labute approximate surface area is 128 Å². The zero-order valence-electron chi connectivity index (χ0n) is 12.0. The van der Waals surface area contributed by atoms with Crippen LogP contribution in [-0.2, 0) is 11.2 Å². The van der Waals surface area contributed by atoms with Crippen molar-refractivity contribution in [2.75, 3.05) is 26.2 Å². The lowest BCUT2D eigenvalue weighted by molar-refractivity contribution is -0.133. The fourth-order valence-electron chi connectivity index (χ4n) is 3.02. The van der Waals surface area contributed by atoms with Gasteiger partial charge in [-0.2, -0.15) is 0 Å². The molecule has 2 fully saturated rings. The van der Waals surface area contributed by atoms with Crippen LogP contribution in [-0.4, -0.2) is 58.9 Å².